The lowest BCUT2D eigenvalue weighted by Gasteiger charge is -2.07. The lowest BCUT2D eigenvalue weighted by atomic mass is 10.0. The third kappa shape index (κ3) is 1.40. The van der Waals surface area contributed by atoms with E-state index in [1.807, 2.05) is 37.3 Å². The first-order valence-corrected chi connectivity index (χ1v) is 5.88. The second kappa shape index (κ2) is 3.88. The second-order valence-corrected chi connectivity index (χ2v) is 4.24. The van der Waals surface area contributed by atoms with Crippen LogP contribution >= 0.6 is 0 Å². The van der Waals surface area contributed by atoms with Gasteiger partial charge in [-0.05, 0) is 18.1 Å². The van der Waals surface area contributed by atoms with Gasteiger partial charge in [0.15, 0.2) is 0 Å². The van der Waals surface area contributed by atoms with E-state index in [0.29, 0.717) is 12.0 Å². The molecule has 1 N–H and O–H groups in total. The Kier molecular flexibility index (Phi) is 2.33. The molecule has 0 fully saturated rings. The highest BCUT2D eigenvalue weighted by Crippen LogP contribution is 2.31. The zero-order chi connectivity index (χ0) is 12.7. The summed E-state index contributed by atoms with van der Waals surface area (Å²) in [5.74, 6) is 0.0366. The van der Waals surface area contributed by atoms with Crippen molar-refractivity contribution in [3.05, 3.63) is 52.4 Å². The summed E-state index contributed by atoms with van der Waals surface area (Å²) < 4.78 is 5.24. The Balaban J connectivity index is 2.60. The van der Waals surface area contributed by atoms with Crippen molar-refractivity contribution in [3.8, 4) is 5.75 Å². The highest BCUT2D eigenvalue weighted by atomic mass is 16.4. The van der Waals surface area contributed by atoms with Crippen LogP contribution in [-0.4, -0.2) is 5.11 Å². The summed E-state index contributed by atoms with van der Waals surface area (Å²) in [6.07, 6.45) is 0.675. The van der Waals surface area contributed by atoms with E-state index in [-0.39, 0.29) is 11.1 Å². The van der Waals surface area contributed by atoms with Gasteiger partial charge in [0.1, 0.15) is 16.7 Å². The van der Waals surface area contributed by atoms with Crippen LogP contribution in [0.3, 0.4) is 0 Å². The topological polar surface area (TPSA) is 50.4 Å². The molecule has 1 heterocycles. The molecule has 18 heavy (non-hydrogen) atoms. The van der Waals surface area contributed by atoms with Crippen LogP contribution in [0.5, 0.6) is 5.75 Å². The Bertz CT molecular complexity index is 800. The zero-order valence-electron chi connectivity index (χ0n) is 9.93. The predicted octanol–water partition coefficient (Wildman–Crippen LogP) is 3.21. The van der Waals surface area contributed by atoms with Crippen molar-refractivity contribution < 1.29 is 9.52 Å². The zero-order valence-corrected chi connectivity index (χ0v) is 9.93. The molecule has 3 nitrogen and oxygen atoms in total. The fourth-order valence-corrected chi connectivity index (χ4v) is 2.28. The number of aromatic hydroxyl groups is 1. The molecule has 0 aliphatic rings. The van der Waals surface area contributed by atoms with Crippen LogP contribution in [0.1, 0.15) is 12.5 Å². The standard InChI is InChI=1S/C15H12O3/c1-2-9-7-8-11-10-5-3-4-6-12(10)18-15(17)13(11)14(9)16/h3-8,16H,2H2,1H3. The fourth-order valence-electron chi connectivity index (χ4n) is 2.28. The summed E-state index contributed by atoms with van der Waals surface area (Å²) in [7, 11) is 0. The molecule has 3 rings (SSSR count). The molecular formula is C15H12O3. The summed E-state index contributed by atoms with van der Waals surface area (Å²) in [6, 6.07) is 11.0. The number of hydrogen-bond acceptors (Lipinski definition) is 3. The lowest BCUT2D eigenvalue weighted by molar-refractivity contribution is 0.471. The largest absolute Gasteiger partial charge is 0.507 e. The van der Waals surface area contributed by atoms with E-state index < -0.39 is 5.63 Å². The third-order valence-electron chi connectivity index (χ3n) is 3.23. The summed E-state index contributed by atoms with van der Waals surface area (Å²) >= 11 is 0. The number of para-hydroxylation sites is 1. The van der Waals surface area contributed by atoms with Gasteiger partial charge in [0.25, 0.3) is 0 Å². The van der Waals surface area contributed by atoms with Crippen LogP contribution in [0.4, 0.5) is 0 Å². The summed E-state index contributed by atoms with van der Waals surface area (Å²) in [6.45, 7) is 1.93. The van der Waals surface area contributed by atoms with Gasteiger partial charge in [0.05, 0.1) is 0 Å². The number of benzene rings is 2. The summed E-state index contributed by atoms with van der Waals surface area (Å²) in [5, 5.41) is 12.0. The number of aryl methyl sites for hydroxylation is 1. The number of phenols is 1. The monoisotopic (exact) mass is 240 g/mol. The van der Waals surface area contributed by atoms with Crippen molar-refractivity contribution in [2.24, 2.45) is 0 Å². The molecule has 0 aliphatic heterocycles. The SMILES string of the molecule is CCc1ccc2c(c1O)c(=O)oc1ccccc12. The van der Waals surface area contributed by atoms with E-state index in [4.69, 9.17) is 4.42 Å². The first kappa shape index (κ1) is 10.8. The molecule has 2 aromatic carbocycles. The Labute approximate surface area is 103 Å². The average Bonchev–Trinajstić information content (AvgIpc) is 2.39. The van der Waals surface area contributed by atoms with E-state index in [1.165, 1.54) is 0 Å². The molecule has 0 radical (unpaired) electrons. The van der Waals surface area contributed by atoms with Crippen LogP contribution in [0, 0.1) is 0 Å². The van der Waals surface area contributed by atoms with Crippen molar-refractivity contribution in [1.82, 2.24) is 0 Å². The van der Waals surface area contributed by atoms with Crippen LogP contribution in [-0.2, 0) is 6.42 Å². The van der Waals surface area contributed by atoms with E-state index in [0.717, 1.165) is 16.3 Å². The fraction of sp³-hybridized carbons (Fsp3) is 0.133. The average molecular weight is 240 g/mol. The molecule has 90 valence electrons. The molecule has 0 saturated heterocycles. The minimum absolute atomic E-state index is 0.0366. The van der Waals surface area contributed by atoms with Crippen LogP contribution < -0.4 is 5.63 Å². The molecule has 0 aliphatic carbocycles. The maximum atomic E-state index is 12.0. The van der Waals surface area contributed by atoms with Gasteiger partial charge in [-0.25, -0.2) is 4.79 Å². The number of fused-ring (bicyclic) bond motifs is 3. The van der Waals surface area contributed by atoms with Crippen molar-refractivity contribution in [3.63, 3.8) is 0 Å². The molecular weight excluding hydrogens is 228 g/mol. The molecule has 0 spiro atoms. The smallest absolute Gasteiger partial charge is 0.347 e. The van der Waals surface area contributed by atoms with Crippen LogP contribution in [0.15, 0.2) is 45.6 Å². The Morgan fingerprint density at radius 3 is 2.67 bits per heavy atom. The molecule has 0 bridgehead atoms. The minimum atomic E-state index is -0.489. The maximum absolute atomic E-state index is 12.0. The Morgan fingerprint density at radius 1 is 1.11 bits per heavy atom. The van der Waals surface area contributed by atoms with Gasteiger partial charge in [-0.1, -0.05) is 37.3 Å². The van der Waals surface area contributed by atoms with Crippen molar-refractivity contribution in [2.45, 2.75) is 13.3 Å². The molecule has 0 unspecified atom stereocenters. The third-order valence-corrected chi connectivity index (χ3v) is 3.23. The first-order valence-electron chi connectivity index (χ1n) is 5.88. The van der Waals surface area contributed by atoms with Gasteiger partial charge in [-0.15, -0.1) is 0 Å². The minimum Gasteiger partial charge on any atom is -0.507 e. The molecule has 3 heteroatoms. The maximum Gasteiger partial charge on any atom is 0.347 e. The van der Waals surface area contributed by atoms with Crippen LogP contribution in [0.25, 0.3) is 21.7 Å². The Hall–Kier alpha value is -2.29. The Morgan fingerprint density at radius 2 is 1.89 bits per heavy atom. The van der Waals surface area contributed by atoms with E-state index in [1.54, 1.807) is 6.07 Å². The highest BCUT2D eigenvalue weighted by Gasteiger charge is 2.13. The van der Waals surface area contributed by atoms with Crippen molar-refractivity contribution >= 4 is 21.7 Å². The highest BCUT2D eigenvalue weighted by molar-refractivity contribution is 6.06. The van der Waals surface area contributed by atoms with Gasteiger partial charge in [-0.3, -0.25) is 0 Å². The van der Waals surface area contributed by atoms with Gasteiger partial charge < -0.3 is 9.52 Å². The van der Waals surface area contributed by atoms with E-state index >= 15 is 0 Å². The second-order valence-electron chi connectivity index (χ2n) is 4.24. The number of phenolic OH excluding ortho intramolecular Hbond substituents is 1. The quantitative estimate of drug-likeness (QED) is 0.525. The van der Waals surface area contributed by atoms with Crippen LogP contribution in [0.2, 0.25) is 0 Å². The molecule has 3 aromatic rings. The normalized spacial score (nSPS) is 11.2. The summed E-state index contributed by atoms with van der Waals surface area (Å²) in [4.78, 5) is 12.0. The van der Waals surface area contributed by atoms with Crippen molar-refractivity contribution in [2.75, 3.05) is 0 Å². The number of rotatable bonds is 1. The summed E-state index contributed by atoms with van der Waals surface area (Å²) in [5.41, 5.74) is 0.806. The molecule has 0 amide bonds. The van der Waals surface area contributed by atoms with Gasteiger partial charge in [-0.2, -0.15) is 0 Å². The van der Waals surface area contributed by atoms with Gasteiger partial charge in [0.2, 0.25) is 0 Å². The molecule has 0 atom stereocenters. The molecule has 1 aromatic heterocycles. The predicted molar refractivity (Wildman–Crippen MR) is 71.0 cm³/mol. The van der Waals surface area contributed by atoms with Crippen molar-refractivity contribution in [1.29, 1.82) is 0 Å². The first-order chi connectivity index (χ1) is 8.72. The van der Waals surface area contributed by atoms with E-state index in [2.05, 4.69) is 0 Å². The van der Waals surface area contributed by atoms with Gasteiger partial charge in [0, 0.05) is 10.8 Å². The molecule has 0 saturated carbocycles. The van der Waals surface area contributed by atoms with Gasteiger partial charge >= 0.3 is 5.63 Å². The van der Waals surface area contributed by atoms with E-state index in [9.17, 15) is 9.90 Å². The number of hydrogen-bond donors (Lipinski definition) is 1. The lowest BCUT2D eigenvalue weighted by Crippen LogP contribution is -2.01.